The number of thioether (sulfide) groups is 2. The molecular formula is C16H16OS2. The van der Waals surface area contributed by atoms with E-state index >= 15 is 0 Å². The van der Waals surface area contributed by atoms with E-state index in [-0.39, 0.29) is 5.78 Å². The molecule has 0 aliphatic heterocycles. The maximum atomic E-state index is 11.2. The molecule has 0 aliphatic carbocycles. The number of benzene rings is 2. The van der Waals surface area contributed by atoms with Gasteiger partial charge in [0.05, 0.1) is 0 Å². The molecule has 3 heteroatoms. The Morgan fingerprint density at radius 2 is 1.37 bits per heavy atom. The molecule has 0 spiro atoms. The van der Waals surface area contributed by atoms with Gasteiger partial charge in [-0.3, -0.25) is 4.79 Å². The van der Waals surface area contributed by atoms with Crippen molar-refractivity contribution < 1.29 is 4.79 Å². The first kappa shape index (κ1) is 14.2. The first-order valence-electron chi connectivity index (χ1n) is 6.17. The van der Waals surface area contributed by atoms with Crippen LogP contribution in [0.3, 0.4) is 0 Å². The molecule has 0 fully saturated rings. The summed E-state index contributed by atoms with van der Waals surface area (Å²) < 4.78 is 0. The van der Waals surface area contributed by atoms with Crippen molar-refractivity contribution in [2.24, 2.45) is 0 Å². The zero-order chi connectivity index (χ0) is 13.5. The monoisotopic (exact) mass is 288 g/mol. The van der Waals surface area contributed by atoms with Crippen LogP contribution in [0.25, 0.3) is 0 Å². The average Bonchev–Trinajstić information content (AvgIpc) is 2.45. The molecule has 0 bridgehead atoms. The summed E-state index contributed by atoms with van der Waals surface area (Å²) in [4.78, 5) is 13.7. The predicted molar refractivity (Wildman–Crippen MR) is 84.3 cm³/mol. The Labute approximate surface area is 122 Å². The second-order valence-electron chi connectivity index (χ2n) is 4.09. The van der Waals surface area contributed by atoms with Crippen molar-refractivity contribution in [3.63, 3.8) is 0 Å². The number of ketones is 1. The summed E-state index contributed by atoms with van der Waals surface area (Å²) in [6, 6.07) is 18.3. The van der Waals surface area contributed by atoms with Crippen LogP contribution in [0, 0.1) is 0 Å². The fourth-order valence-corrected chi connectivity index (χ4v) is 3.44. The summed E-state index contributed by atoms with van der Waals surface area (Å²) in [6.45, 7) is 1.60. The van der Waals surface area contributed by atoms with Crippen molar-refractivity contribution in [1.29, 1.82) is 0 Å². The molecule has 0 heterocycles. The van der Waals surface area contributed by atoms with Crippen LogP contribution in [-0.4, -0.2) is 17.3 Å². The summed E-state index contributed by atoms with van der Waals surface area (Å²) >= 11 is 3.70. The van der Waals surface area contributed by atoms with Crippen LogP contribution >= 0.6 is 23.5 Å². The highest BCUT2D eigenvalue weighted by Crippen LogP contribution is 2.23. The molecule has 0 unspecified atom stereocenters. The molecule has 0 atom stereocenters. The van der Waals surface area contributed by atoms with E-state index in [1.165, 1.54) is 9.79 Å². The lowest BCUT2D eigenvalue weighted by Crippen LogP contribution is -1.91. The minimum absolute atomic E-state index is 0.121. The summed E-state index contributed by atoms with van der Waals surface area (Å²) in [6.07, 6.45) is 0. The van der Waals surface area contributed by atoms with Gasteiger partial charge in [-0.05, 0) is 31.2 Å². The summed E-state index contributed by atoms with van der Waals surface area (Å²) in [5.74, 6) is 2.28. The van der Waals surface area contributed by atoms with Crippen molar-refractivity contribution in [1.82, 2.24) is 0 Å². The average molecular weight is 288 g/mol. The first-order valence-corrected chi connectivity index (χ1v) is 8.14. The zero-order valence-corrected chi connectivity index (χ0v) is 12.5. The van der Waals surface area contributed by atoms with Gasteiger partial charge in [0.25, 0.3) is 0 Å². The fraction of sp³-hybridized carbons (Fsp3) is 0.188. The number of hydrogen-bond donors (Lipinski definition) is 0. The normalized spacial score (nSPS) is 10.4. The molecule has 0 aliphatic rings. The standard InChI is InChI=1S/C16H16OS2/c1-13(17)14-7-9-16(10-8-14)19-12-11-18-15-5-3-2-4-6-15/h2-10H,11-12H2,1H3. The number of Topliss-reactive ketones (excluding diaryl/α,β-unsaturated/α-hetero) is 1. The van der Waals surface area contributed by atoms with Gasteiger partial charge >= 0.3 is 0 Å². The van der Waals surface area contributed by atoms with Crippen molar-refractivity contribution in [2.75, 3.05) is 11.5 Å². The SMILES string of the molecule is CC(=O)c1ccc(SCCSc2ccccc2)cc1. The van der Waals surface area contributed by atoms with Crippen LogP contribution in [0.2, 0.25) is 0 Å². The Bertz CT molecular complexity index is 520. The summed E-state index contributed by atoms with van der Waals surface area (Å²) in [5, 5.41) is 0. The predicted octanol–water partition coefficient (Wildman–Crippen LogP) is 4.77. The highest BCUT2D eigenvalue weighted by molar-refractivity contribution is 8.03. The van der Waals surface area contributed by atoms with E-state index in [0.717, 1.165) is 17.1 Å². The lowest BCUT2D eigenvalue weighted by atomic mass is 10.2. The lowest BCUT2D eigenvalue weighted by Gasteiger charge is -2.03. The van der Waals surface area contributed by atoms with Gasteiger partial charge in [-0.15, -0.1) is 23.5 Å². The maximum Gasteiger partial charge on any atom is 0.159 e. The Kier molecular flexibility index (Phi) is 5.55. The Morgan fingerprint density at radius 1 is 0.842 bits per heavy atom. The number of rotatable bonds is 6. The lowest BCUT2D eigenvalue weighted by molar-refractivity contribution is 0.101. The van der Waals surface area contributed by atoms with Crippen LogP contribution < -0.4 is 0 Å². The second kappa shape index (κ2) is 7.41. The molecule has 2 aromatic carbocycles. The number of carbonyl (C=O) groups excluding carboxylic acids is 1. The van der Waals surface area contributed by atoms with E-state index in [4.69, 9.17) is 0 Å². The fourth-order valence-electron chi connectivity index (χ4n) is 1.62. The minimum atomic E-state index is 0.121. The molecule has 98 valence electrons. The first-order chi connectivity index (χ1) is 9.25. The molecule has 0 saturated carbocycles. The smallest absolute Gasteiger partial charge is 0.159 e. The Balaban J connectivity index is 1.75. The van der Waals surface area contributed by atoms with Gasteiger partial charge < -0.3 is 0 Å². The van der Waals surface area contributed by atoms with Gasteiger partial charge in [0.1, 0.15) is 0 Å². The van der Waals surface area contributed by atoms with Crippen LogP contribution in [0.4, 0.5) is 0 Å². The van der Waals surface area contributed by atoms with Gasteiger partial charge in [0, 0.05) is 26.9 Å². The van der Waals surface area contributed by atoms with Crippen LogP contribution in [-0.2, 0) is 0 Å². The highest BCUT2D eigenvalue weighted by Gasteiger charge is 1.99. The van der Waals surface area contributed by atoms with Gasteiger partial charge in [0.2, 0.25) is 0 Å². The quantitative estimate of drug-likeness (QED) is 0.433. The molecule has 2 rings (SSSR count). The van der Waals surface area contributed by atoms with E-state index in [9.17, 15) is 4.79 Å². The molecular weight excluding hydrogens is 272 g/mol. The van der Waals surface area contributed by atoms with Crippen LogP contribution in [0.15, 0.2) is 64.4 Å². The topological polar surface area (TPSA) is 17.1 Å². The maximum absolute atomic E-state index is 11.2. The third-order valence-electron chi connectivity index (χ3n) is 2.62. The van der Waals surface area contributed by atoms with E-state index < -0.39 is 0 Å². The van der Waals surface area contributed by atoms with Gasteiger partial charge in [-0.2, -0.15) is 0 Å². The Hall–Kier alpha value is -1.19. The van der Waals surface area contributed by atoms with E-state index in [0.29, 0.717) is 0 Å². The van der Waals surface area contributed by atoms with Gasteiger partial charge in [0.15, 0.2) is 5.78 Å². The van der Waals surface area contributed by atoms with E-state index in [1.54, 1.807) is 6.92 Å². The third-order valence-corrected chi connectivity index (χ3v) is 4.91. The third kappa shape index (κ3) is 4.77. The molecule has 0 saturated heterocycles. The second-order valence-corrected chi connectivity index (χ2v) is 6.43. The van der Waals surface area contributed by atoms with Crippen LogP contribution in [0.1, 0.15) is 17.3 Å². The highest BCUT2D eigenvalue weighted by atomic mass is 32.2. The molecule has 0 amide bonds. The van der Waals surface area contributed by atoms with Gasteiger partial charge in [-0.1, -0.05) is 30.3 Å². The van der Waals surface area contributed by atoms with Crippen LogP contribution in [0.5, 0.6) is 0 Å². The Morgan fingerprint density at radius 3 is 1.89 bits per heavy atom. The van der Waals surface area contributed by atoms with Crippen molar-refractivity contribution in [3.8, 4) is 0 Å². The van der Waals surface area contributed by atoms with Crippen molar-refractivity contribution in [3.05, 3.63) is 60.2 Å². The molecule has 0 radical (unpaired) electrons. The van der Waals surface area contributed by atoms with Crippen molar-refractivity contribution in [2.45, 2.75) is 16.7 Å². The summed E-state index contributed by atoms with van der Waals surface area (Å²) in [7, 11) is 0. The largest absolute Gasteiger partial charge is 0.295 e. The molecule has 2 aromatic rings. The molecule has 1 nitrogen and oxygen atoms in total. The molecule has 0 N–H and O–H groups in total. The van der Waals surface area contributed by atoms with E-state index in [2.05, 4.69) is 24.3 Å². The summed E-state index contributed by atoms with van der Waals surface area (Å²) in [5.41, 5.74) is 0.781. The molecule has 19 heavy (non-hydrogen) atoms. The van der Waals surface area contributed by atoms with Crippen molar-refractivity contribution >= 4 is 29.3 Å². The minimum Gasteiger partial charge on any atom is -0.295 e. The number of hydrogen-bond acceptors (Lipinski definition) is 3. The van der Waals surface area contributed by atoms with Gasteiger partial charge in [-0.25, -0.2) is 0 Å². The van der Waals surface area contributed by atoms with E-state index in [1.807, 2.05) is 53.9 Å². The zero-order valence-electron chi connectivity index (χ0n) is 10.8. The number of carbonyl (C=O) groups is 1. The molecule has 0 aromatic heterocycles.